The summed E-state index contributed by atoms with van der Waals surface area (Å²) >= 11 is 0. The molecule has 0 aliphatic heterocycles. The van der Waals surface area contributed by atoms with Gasteiger partial charge in [0.05, 0.1) is 0 Å². The fraction of sp³-hybridized carbons (Fsp3) is 0.176. The summed E-state index contributed by atoms with van der Waals surface area (Å²) in [5.41, 5.74) is 0. The second kappa shape index (κ2) is 17.4. The van der Waals surface area contributed by atoms with E-state index in [2.05, 4.69) is 146 Å². The maximum Gasteiger partial charge on any atom is 0 e. The van der Waals surface area contributed by atoms with Crippen LogP contribution in [0.15, 0.2) is 146 Å². The first-order valence-corrected chi connectivity index (χ1v) is 16.0. The van der Waals surface area contributed by atoms with Crippen LogP contribution >= 0.6 is 15.8 Å². The molecule has 0 heterocycles. The van der Waals surface area contributed by atoms with Crippen molar-refractivity contribution < 1.29 is 20.1 Å². The fourth-order valence-electron chi connectivity index (χ4n) is 4.30. The molecule has 0 amide bonds. The molecule has 0 nitrogen and oxygen atoms in total. The summed E-state index contributed by atoms with van der Waals surface area (Å²) < 4.78 is 0. The summed E-state index contributed by atoms with van der Waals surface area (Å²) in [7, 11) is -0.696. The fourth-order valence-corrected chi connectivity index (χ4v) is 9.66. The van der Waals surface area contributed by atoms with Gasteiger partial charge in [-0.05, 0) is 75.1 Å². The van der Waals surface area contributed by atoms with Crippen molar-refractivity contribution in [3.05, 3.63) is 146 Å². The van der Waals surface area contributed by atoms with E-state index in [1.807, 2.05) is 0 Å². The van der Waals surface area contributed by atoms with Gasteiger partial charge in [0.25, 0.3) is 0 Å². The van der Waals surface area contributed by atoms with Gasteiger partial charge >= 0.3 is 0 Å². The Labute approximate surface area is 239 Å². The first-order chi connectivity index (χ1) is 17.9. The van der Waals surface area contributed by atoms with Crippen LogP contribution in [-0.2, 0) is 20.1 Å². The van der Waals surface area contributed by atoms with Crippen LogP contribution in [0.25, 0.3) is 0 Å². The van der Waals surface area contributed by atoms with Crippen LogP contribution in [0.3, 0.4) is 0 Å². The number of rotatable bonds is 7. The molecule has 191 valence electrons. The summed E-state index contributed by atoms with van der Waals surface area (Å²) in [6, 6.07) is 44.2. The molecule has 0 fully saturated rings. The monoisotopic (exact) mass is 699 g/mol. The third-order valence-corrected chi connectivity index (χ3v) is 11.5. The average Bonchev–Trinajstić information content (AvgIpc) is 2.93. The largest absolute Gasteiger partial charge is 0.0882 e. The van der Waals surface area contributed by atoms with Gasteiger partial charge in [-0.2, -0.15) is 0 Å². The zero-order valence-electron chi connectivity index (χ0n) is 21.3. The average molecular weight is 699 g/mol. The molecule has 4 aromatic carbocycles. The van der Waals surface area contributed by atoms with Crippen molar-refractivity contribution in [3.8, 4) is 0 Å². The second-order valence-electron chi connectivity index (χ2n) is 8.74. The summed E-state index contributed by atoms with van der Waals surface area (Å²) in [4.78, 5) is 0. The molecule has 0 saturated heterocycles. The molecule has 3 heteroatoms. The molecule has 1 aliphatic carbocycles. The number of hydrogen-bond donors (Lipinski definition) is 0. The van der Waals surface area contributed by atoms with Crippen LogP contribution in [0.2, 0.25) is 0 Å². The minimum absolute atomic E-state index is 0. The Morgan fingerprint density at radius 3 is 0.784 bits per heavy atom. The van der Waals surface area contributed by atoms with Gasteiger partial charge < -0.3 is 0 Å². The normalized spacial score (nSPS) is 13.6. The van der Waals surface area contributed by atoms with Crippen molar-refractivity contribution in [3.63, 3.8) is 0 Å². The van der Waals surface area contributed by atoms with Crippen molar-refractivity contribution in [2.24, 2.45) is 0 Å². The SMILES string of the molecule is C1=CCC/C=C\CC1.[Ir].c1ccc(P(CCP(c2ccccc2)c2ccccc2)c2ccccc2)cc1. The van der Waals surface area contributed by atoms with Crippen LogP contribution in [0.1, 0.15) is 25.7 Å². The molecular formula is C34H36IrP2. The molecule has 0 aromatic heterocycles. The zero-order chi connectivity index (χ0) is 24.7. The molecule has 0 atom stereocenters. The predicted molar refractivity (Wildman–Crippen MR) is 165 cm³/mol. The van der Waals surface area contributed by atoms with E-state index in [0.717, 1.165) is 0 Å². The molecule has 1 radical (unpaired) electrons. The molecule has 37 heavy (non-hydrogen) atoms. The molecular weight excluding hydrogens is 663 g/mol. The van der Waals surface area contributed by atoms with E-state index in [9.17, 15) is 0 Å². The third kappa shape index (κ3) is 9.93. The number of benzene rings is 4. The van der Waals surface area contributed by atoms with Crippen molar-refractivity contribution >= 4 is 37.1 Å². The van der Waals surface area contributed by atoms with E-state index >= 15 is 0 Å². The Kier molecular flexibility index (Phi) is 13.8. The Morgan fingerprint density at radius 1 is 0.351 bits per heavy atom. The first kappa shape index (κ1) is 29.4. The molecule has 4 aromatic rings. The van der Waals surface area contributed by atoms with Crippen LogP contribution in [-0.4, -0.2) is 12.3 Å². The molecule has 0 saturated carbocycles. The van der Waals surface area contributed by atoms with Gasteiger partial charge in [0, 0.05) is 20.1 Å². The van der Waals surface area contributed by atoms with Gasteiger partial charge in [0.1, 0.15) is 0 Å². The van der Waals surface area contributed by atoms with Crippen molar-refractivity contribution in [2.45, 2.75) is 25.7 Å². The van der Waals surface area contributed by atoms with E-state index in [1.165, 1.54) is 59.2 Å². The standard InChI is InChI=1S/C26H24P2.C8H12.Ir/c1-5-13-23(14-6-1)27(24-15-7-2-8-16-24)21-22-28(25-17-9-3-10-18-25)26-19-11-4-12-20-26;1-2-4-6-8-7-5-3-1;/h1-20H,21-22H2;1-2,7-8H,3-6H2;/b;2-1-,8-7?;. The number of hydrogen-bond acceptors (Lipinski definition) is 0. The van der Waals surface area contributed by atoms with Gasteiger partial charge in [-0.1, -0.05) is 146 Å². The molecule has 0 N–H and O–H groups in total. The van der Waals surface area contributed by atoms with Crippen LogP contribution in [0, 0.1) is 0 Å². The van der Waals surface area contributed by atoms with E-state index in [1.54, 1.807) is 0 Å². The van der Waals surface area contributed by atoms with Gasteiger partial charge in [0.2, 0.25) is 0 Å². The maximum atomic E-state index is 2.30. The molecule has 5 rings (SSSR count). The third-order valence-electron chi connectivity index (χ3n) is 6.15. The molecule has 0 bridgehead atoms. The van der Waals surface area contributed by atoms with E-state index < -0.39 is 0 Å². The molecule has 1 aliphatic rings. The van der Waals surface area contributed by atoms with Crippen LogP contribution in [0.5, 0.6) is 0 Å². The van der Waals surface area contributed by atoms with Crippen LogP contribution in [0.4, 0.5) is 0 Å². The zero-order valence-corrected chi connectivity index (χ0v) is 25.5. The van der Waals surface area contributed by atoms with Crippen molar-refractivity contribution in [2.75, 3.05) is 12.3 Å². The smallest absolute Gasteiger partial charge is 0 e. The van der Waals surface area contributed by atoms with Gasteiger partial charge in [-0.3, -0.25) is 0 Å². The molecule has 0 spiro atoms. The molecule has 0 unspecified atom stereocenters. The van der Waals surface area contributed by atoms with Gasteiger partial charge in [-0.15, -0.1) is 0 Å². The topological polar surface area (TPSA) is 0 Å². The quantitative estimate of drug-likeness (QED) is 0.136. The second-order valence-corrected chi connectivity index (χ2v) is 13.4. The van der Waals surface area contributed by atoms with Crippen LogP contribution < -0.4 is 21.2 Å². The van der Waals surface area contributed by atoms with Crippen molar-refractivity contribution in [1.82, 2.24) is 0 Å². The van der Waals surface area contributed by atoms with E-state index in [0.29, 0.717) is 0 Å². The predicted octanol–water partition coefficient (Wildman–Crippen LogP) is 7.92. The van der Waals surface area contributed by atoms with Gasteiger partial charge in [-0.25, -0.2) is 0 Å². The van der Waals surface area contributed by atoms with E-state index in [4.69, 9.17) is 0 Å². The Morgan fingerprint density at radius 2 is 0.568 bits per heavy atom. The summed E-state index contributed by atoms with van der Waals surface area (Å²) in [6.45, 7) is 0. The van der Waals surface area contributed by atoms with Gasteiger partial charge in [0.15, 0.2) is 0 Å². The Balaban J connectivity index is 0.000000363. The minimum atomic E-state index is -0.348. The Bertz CT molecular complexity index is 988. The first-order valence-electron chi connectivity index (χ1n) is 13.0. The summed E-state index contributed by atoms with van der Waals surface area (Å²) in [5, 5.41) is 5.89. The maximum absolute atomic E-state index is 2.30. The minimum Gasteiger partial charge on any atom is -0.0882 e. The van der Waals surface area contributed by atoms with Crippen molar-refractivity contribution in [1.29, 1.82) is 0 Å². The summed E-state index contributed by atoms with van der Waals surface area (Å²) in [6.07, 6.45) is 16.4. The Hall–Kier alpha value is -2.13. The summed E-state index contributed by atoms with van der Waals surface area (Å²) in [5.74, 6) is 0. The number of allylic oxidation sites excluding steroid dienone is 4. The van der Waals surface area contributed by atoms with E-state index in [-0.39, 0.29) is 35.9 Å².